The van der Waals surface area contributed by atoms with Crippen LogP contribution in [0.1, 0.15) is 17.1 Å². The Bertz CT molecular complexity index is 784. The molecular weight excluding hydrogens is 286 g/mol. The van der Waals surface area contributed by atoms with E-state index in [1.807, 2.05) is 24.3 Å². The first-order chi connectivity index (χ1) is 10.3. The van der Waals surface area contributed by atoms with Crippen LogP contribution in [0.3, 0.4) is 0 Å². The Hall–Kier alpha value is -2.25. The standard InChI is InChI=1S/C16H14ClN3O/c17-8-6-15-19-16-12(11-18)3-1-5-14(16)20(15)9-7-13-4-2-10-21-13/h1-5,10H,6-9H2. The van der Waals surface area contributed by atoms with E-state index in [1.54, 1.807) is 12.3 Å². The summed E-state index contributed by atoms with van der Waals surface area (Å²) >= 11 is 5.87. The fraction of sp³-hybridized carbons (Fsp3) is 0.250. The average molecular weight is 300 g/mol. The predicted octanol–water partition coefficient (Wildman–Crippen LogP) is 3.52. The number of halogens is 1. The summed E-state index contributed by atoms with van der Waals surface area (Å²) in [5, 5.41) is 9.21. The highest BCUT2D eigenvalue weighted by molar-refractivity contribution is 6.17. The van der Waals surface area contributed by atoms with Crippen molar-refractivity contribution in [3.05, 3.63) is 53.7 Å². The number of hydrogen-bond donors (Lipinski definition) is 0. The highest BCUT2D eigenvalue weighted by atomic mass is 35.5. The first kappa shape index (κ1) is 13.7. The van der Waals surface area contributed by atoms with Gasteiger partial charge in [0, 0.05) is 25.3 Å². The van der Waals surface area contributed by atoms with Gasteiger partial charge >= 0.3 is 0 Å². The Morgan fingerprint density at radius 3 is 2.86 bits per heavy atom. The van der Waals surface area contributed by atoms with E-state index in [9.17, 15) is 5.26 Å². The second kappa shape index (κ2) is 6.02. The lowest BCUT2D eigenvalue weighted by Crippen LogP contribution is -2.06. The molecule has 0 atom stereocenters. The third kappa shape index (κ3) is 2.65. The topological polar surface area (TPSA) is 54.8 Å². The van der Waals surface area contributed by atoms with E-state index < -0.39 is 0 Å². The third-order valence-electron chi connectivity index (χ3n) is 3.46. The Morgan fingerprint density at radius 1 is 1.24 bits per heavy atom. The predicted molar refractivity (Wildman–Crippen MR) is 81.3 cm³/mol. The summed E-state index contributed by atoms with van der Waals surface area (Å²) in [7, 11) is 0. The molecule has 0 N–H and O–H groups in total. The Kier molecular flexibility index (Phi) is 3.94. The fourth-order valence-electron chi connectivity index (χ4n) is 2.49. The van der Waals surface area contributed by atoms with Gasteiger partial charge in [0.15, 0.2) is 0 Å². The minimum absolute atomic E-state index is 0.506. The zero-order valence-corrected chi connectivity index (χ0v) is 12.2. The number of aryl methyl sites for hydroxylation is 3. The largest absolute Gasteiger partial charge is 0.469 e. The van der Waals surface area contributed by atoms with Crippen molar-refractivity contribution < 1.29 is 4.42 Å². The van der Waals surface area contributed by atoms with Gasteiger partial charge in [0.25, 0.3) is 0 Å². The molecule has 5 heteroatoms. The molecule has 3 rings (SSSR count). The van der Waals surface area contributed by atoms with Crippen molar-refractivity contribution in [3.8, 4) is 6.07 Å². The summed E-state index contributed by atoms with van der Waals surface area (Å²) in [6, 6.07) is 11.7. The van der Waals surface area contributed by atoms with Gasteiger partial charge in [-0.2, -0.15) is 5.26 Å². The van der Waals surface area contributed by atoms with E-state index in [0.29, 0.717) is 17.9 Å². The maximum Gasteiger partial charge on any atom is 0.111 e. The van der Waals surface area contributed by atoms with Crippen LogP contribution in [-0.4, -0.2) is 15.4 Å². The Labute approximate surface area is 127 Å². The van der Waals surface area contributed by atoms with Crippen LogP contribution in [0.15, 0.2) is 41.0 Å². The van der Waals surface area contributed by atoms with Crippen molar-refractivity contribution in [2.24, 2.45) is 0 Å². The average Bonchev–Trinajstić information content (AvgIpc) is 3.12. The van der Waals surface area contributed by atoms with E-state index >= 15 is 0 Å². The number of nitriles is 1. The summed E-state index contributed by atoms with van der Waals surface area (Å²) in [6.45, 7) is 0.755. The molecule has 0 aliphatic carbocycles. The van der Waals surface area contributed by atoms with Gasteiger partial charge in [-0.05, 0) is 24.3 Å². The SMILES string of the molecule is N#Cc1cccc2c1nc(CCCl)n2CCc1ccco1. The monoisotopic (exact) mass is 299 g/mol. The maximum atomic E-state index is 9.21. The number of furan rings is 1. The Balaban J connectivity index is 2.02. The van der Waals surface area contributed by atoms with E-state index in [2.05, 4.69) is 15.6 Å². The molecule has 0 fully saturated rings. The van der Waals surface area contributed by atoms with Crippen LogP contribution in [0, 0.1) is 11.3 Å². The number of alkyl halides is 1. The van der Waals surface area contributed by atoms with Crippen molar-refractivity contribution in [3.63, 3.8) is 0 Å². The summed E-state index contributed by atoms with van der Waals surface area (Å²) < 4.78 is 7.50. The minimum atomic E-state index is 0.506. The van der Waals surface area contributed by atoms with Crippen LogP contribution in [-0.2, 0) is 19.4 Å². The molecule has 106 valence electrons. The molecule has 0 spiro atoms. The van der Waals surface area contributed by atoms with Crippen LogP contribution in [0.5, 0.6) is 0 Å². The summed E-state index contributed by atoms with van der Waals surface area (Å²) in [5.41, 5.74) is 2.32. The summed E-state index contributed by atoms with van der Waals surface area (Å²) in [6.07, 6.45) is 3.14. The zero-order valence-electron chi connectivity index (χ0n) is 11.4. The first-order valence-electron chi connectivity index (χ1n) is 6.80. The van der Waals surface area contributed by atoms with Crippen molar-refractivity contribution in [2.75, 3.05) is 5.88 Å². The smallest absolute Gasteiger partial charge is 0.111 e. The van der Waals surface area contributed by atoms with Gasteiger partial charge in [-0.25, -0.2) is 4.98 Å². The van der Waals surface area contributed by atoms with Gasteiger partial charge in [0.1, 0.15) is 23.2 Å². The molecule has 4 nitrogen and oxygen atoms in total. The number of imidazole rings is 1. The third-order valence-corrected chi connectivity index (χ3v) is 3.65. The molecule has 2 aromatic heterocycles. The van der Waals surface area contributed by atoms with Gasteiger partial charge in [-0.3, -0.25) is 0 Å². The molecule has 21 heavy (non-hydrogen) atoms. The van der Waals surface area contributed by atoms with Crippen LogP contribution < -0.4 is 0 Å². The number of rotatable bonds is 5. The summed E-state index contributed by atoms with van der Waals surface area (Å²) in [4.78, 5) is 4.60. The lowest BCUT2D eigenvalue weighted by atomic mass is 10.2. The minimum Gasteiger partial charge on any atom is -0.469 e. The molecule has 0 saturated heterocycles. The number of nitrogens with zero attached hydrogens (tertiary/aromatic N) is 3. The highest BCUT2D eigenvalue weighted by Crippen LogP contribution is 2.21. The van der Waals surface area contributed by atoms with Crippen molar-refractivity contribution in [1.29, 1.82) is 5.26 Å². The number of para-hydroxylation sites is 1. The van der Waals surface area contributed by atoms with Gasteiger partial charge in [-0.1, -0.05) is 6.07 Å². The molecule has 0 unspecified atom stereocenters. The van der Waals surface area contributed by atoms with E-state index in [-0.39, 0.29) is 0 Å². The molecule has 0 amide bonds. The molecule has 0 aliphatic heterocycles. The second-order valence-corrected chi connectivity index (χ2v) is 5.11. The zero-order chi connectivity index (χ0) is 14.7. The quantitative estimate of drug-likeness (QED) is 0.677. The Morgan fingerprint density at radius 2 is 2.14 bits per heavy atom. The second-order valence-electron chi connectivity index (χ2n) is 4.73. The van der Waals surface area contributed by atoms with Crippen LogP contribution in [0.4, 0.5) is 0 Å². The number of fused-ring (bicyclic) bond motifs is 1. The molecular formula is C16H14ClN3O. The lowest BCUT2D eigenvalue weighted by molar-refractivity contribution is 0.490. The van der Waals surface area contributed by atoms with Gasteiger partial charge in [0.2, 0.25) is 0 Å². The van der Waals surface area contributed by atoms with Crippen LogP contribution >= 0.6 is 11.6 Å². The molecule has 3 aromatic rings. The van der Waals surface area contributed by atoms with Gasteiger partial charge in [-0.15, -0.1) is 11.6 Å². The molecule has 2 heterocycles. The van der Waals surface area contributed by atoms with Crippen LogP contribution in [0.2, 0.25) is 0 Å². The van der Waals surface area contributed by atoms with Crippen LogP contribution in [0.25, 0.3) is 11.0 Å². The normalized spacial score (nSPS) is 10.9. The number of hydrogen-bond acceptors (Lipinski definition) is 3. The van der Waals surface area contributed by atoms with E-state index in [4.69, 9.17) is 16.0 Å². The molecule has 1 aromatic carbocycles. The fourth-order valence-corrected chi connectivity index (χ4v) is 2.66. The number of aromatic nitrogens is 2. The lowest BCUT2D eigenvalue weighted by Gasteiger charge is -2.07. The molecule has 0 saturated carbocycles. The van der Waals surface area contributed by atoms with Gasteiger partial charge in [0.05, 0.1) is 17.3 Å². The van der Waals surface area contributed by atoms with Gasteiger partial charge < -0.3 is 8.98 Å². The molecule has 0 aliphatic rings. The summed E-state index contributed by atoms with van der Waals surface area (Å²) in [5.74, 6) is 2.35. The first-order valence-corrected chi connectivity index (χ1v) is 7.33. The van der Waals surface area contributed by atoms with Crippen molar-refractivity contribution in [2.45, 2.75) is 19.4 Å². The van der Waals surface area contributed by atoms with Crippen molar-refractivity contribution in [1.82, 2.24) is 9.55 Å². The molecule has 0 radical (unpaired) electrons. The van der Waals surface area contributed by atoms with E-state index in [1.165, 1.54) is 0 Å². The van der Waals surface area contributed by atoms with E-state index in [0.717, 1.165) is 35.6 Å². The van der Waals surface area contributed by atoms with Crippen molar-refractivity contribution >= 4 is 22.6 Å². The maximum absolute atomic E-state index is 9.21. The molecule has 0 bridgehead atoms. The highest BCUT2D eigenvalue weighted by Gasteiger charge is 2.13. The number of benzene rings is 1.